The average Bonchev–Trinajstić information content (AvgIpc) is 2.38. The molecule has 1 atom stereocenters. The van der Waals surface area contributed by atoms with Crippen LogP contribution in [0.5, 0.6) is 0 Å². The Kier molecular flexibility index (Phi) is 4.35. The van der Waals surface area contributed by atoms with Crippen LogP contribution in [0.25, 0.3) is 0 Å². The number of aliphatic hydroxyl groups is 1. The maximum atomic E-state index is 12.4. The quantitative estimate of drug-likeness (QED) is 0.917. The summed E-state index contributed by atoms with van der Waals surface area (Å²) in [5, 5.41) is 10.1. The highest BCUT2D eigenvalue weighted by Gasteiger charge is 2.30. The van der Waals surface area contributed by atoms with Crippen molar-refractivity contribution in [1.82, 2.24) is 4.98 Å². The van der Waals surface area contributed by atoms with Crippen molar-refractivity contribution in [3.05, 3.63) is 53.7 Å². The van der Waals surface area contributed by atoms with Gasteiger partial charge in [0, 0.05) is 11.1 Å². The van der Waals surface area contributed by atoms with Gasteiger partial charge in [0.25, 0.3) is 0 Å². The summed E-state index contributed by atoms with van der Waals surface area (Å²) >= 11 is 1.22. The van der Waals surface area contributed by atoms with Crippen LogP contribution in [0.4, 0.5) is 13.2 Å². The smallest absolute Gasteiger partial charge is 0.389 e. The molecule has 2 rings (SSSR count). The first-order chi connectivity index (χ1) is 9.38. The minimum atomic E-state index is -4.38. The van der Waals surface area contributed by atoms with Gasteiger partial charge in [0.1, 0.15) is 5.03 Å². The van der Waals surface area contributed by atoms with Crippen LogP contribution in [0.3, 0.4) is 0 Å². The van der Waals surface area contributed by atoms with Gasteiger partial charge in [-0.15, -0.1) is 0 Å². The van der Waals surface area contributed by atoms with Gasteiger partial charge in [-0.05, 0) is 30.7 Å². The first-order valence-electron chi connectivity index (χ1n) is 5.86. The SMILES string of the molecule is CC(O)c1ccccc1Sc1ccc(C(F)(F)F)cn1. The predicted octanol–water partition coefficient (Wildman–Crippen LogP) is 4.30. The molecule has 0 aliphatic carbocycles. The third-order valence-corrected chi connectivity index (χ3v) is 3.69. The topological polar surface area (TPSA) is 33.1 Å². The molecule has 1 unspecified atom stereocenters. The Morgan fingerprint density at radius 2 is 1.85 bits per heavy atom. The number of aliphatic hydroxyl groups excluding tert-OH is 1. The van der Waals surface area contributed by atoms with Crippen molar-refractivity contribution in [2.45, 2.75) is 29.1 Å². The second kappa shape index (κ2) is 5.85. The fourth-order valence-electron chi connectivity index (χ4n) is 1.64. The van der Waals surface area contributed by atoms with E-state index in [4.69, 9.17) is 0 Å². The van der Waals surface area contributed by atoms with E-state index in [1.165, 1.54) is 17.8 Å². The predicted molar refractivity (Wildman–Crippen MR) is 70.4 cm³/mol. The lowest BCUT2D eigenvalue weighted by molar-refractivity contribution is -0.137. The summed E-state index contributed by atoms with van der Waals surface area (Å²) in [4.78, 5) is 4.58. The molecule has 2 nitrogen and oxygen atoms in total. The number of pyridine rings is 1. The maximum absolute atomic E-state index is 12.4. The number of nitrogens with zero attached hydrogens (tertiary/aromatic N) is 1. The van der Waals surface area contributed by atoms with Gasteiger partial charge < -0.3 is 5.11 Å². The van der Waals surface area contributed by atoms with Crippen LogP contribution < -0.4 is 0 Å². The Bertz CT molecular complexity index is 582. The van der Waals surface area contributed by atoms with Crippen molar-refractivity contribution in [2.75, 3.05) is 0 Å². The van der Waals surface area contributed by atoms with Gasteiger partial charge in [0.05, 0.1) is 11.7 Å². The summed E-state index contributed by atoms with van der Waals surface area (Å²) < 4.78 is 37.3. The van der Waals surface area contributed by atoms with Gasteiger partial charge in [-0.2, -0.15) is 13.2 Å². The molecule has 1 heterocycles. The number of rotatable bonds is 3. The Balaban J connectivity index is 2.23. The average molecular weight is 299 g/mol. The third-order valence-electron chi connectivity index (χ3n) is 2.65. The standard InChI is InChI=1S/C14H12F3NOS/c1-9(19)11-4-2-3-5-12(11)20-13-7-6-10(8-18-13)14(15,16)17/h2-9,19H,1H3. The molecule has 0 fully saturated rings. The normalized spacial score (nSPS) is 13.2. The van der Waals surface area contributed by atoms with E-state index in [0.717, 1.165) is 22.7 Å². The molecular weight excluding hydrogens is 287 g/mol. The van der Waals surface area contributed by atoms with Crippen LogP contribution in [0.2, 0.25) is 0 Å². The summed E-state index contributed by atoms with van der Waals surface area (Å²) in [5.41, 5.74) is -0.0511. The first-order valence-corrected chi connectivity index (χ1v) is 6.67. The molecule has 0 spiro atoms. The minimum Gasteiger partial charge on any atom is -0.389 e. The molecular formula is C14H12F3NOS. The van der Waals surface area contributed by atoms with Gasteiger partial charge in [-0.1, -0.05) is 30.0 Å². The minimum absolute atomic E-state index is 0.450. The van der Waals surface area contributed by atoms with Crippen LogP contribution in [-0.4, -0.2) is 10.1 Å². The summed E-state index contributed by atoms with van der Waals surface area (Å²) in [6.45, 7) is 1.64. The van der Waals surface area contributed by atoms with E-state index in [1.807, 2.05) is 0 Å². The number of alkyl halides is 3. The van der Waals surface area contributed by atoms with E-state index < -0.39 is 17.8 Å². The monoisotopic (exact) mass is 299 g/mol. The number of hydrogen-bond donors (Lipinski definition) is 1. The second-order valence-electron chi connectivity index (χ2n) is 4.20. The van der Waals surface area contributed by atoms with E-state index in [2.05, 4.69) is 4.98 Å². The zero-order chi connectivity index (χ0) is 14.8. The van der Waals surface area contributed by atoms with Gasteiger partial charge in [-0.25, -0.2) is 4.98 Å². The van der Waals surface area contributed by atoms with Crippen molar-refractivity contribution < 1.29 is 18.3 Å². The van der Waals surface area contributed by atoms with Crippen molar-refractivity contribution in [1.29, 1.82) is 0 Å². The molecule has 0 amide bonds. The van der Waals surface area contributed by atoms with E-state index in [0.29, 0.717) is 5.03 Å². The Morgan fingerprint density at radius 1 is 1.15 bits per heavy atom. The van der Waals surface area contributed by atoms with Crippen LogP contribution in [0.1, 0.15) is 24.2 Å². The molecule has 1 N–H and O–H groups in total. The molecule has 2 aromatic rings. The number of hydrogen-bond acceptors (Lipinski definition) is 3. The van der Waals surface area contributed by atoms with Crippen LogP contribution >= 0.6 is 11.8 Å². The highest BCUT2D eigenvalue weighted by atomic mass is 32.2. The van der Waals surface area contributed by atoms with E-state index >= 15 is 0 Å². The Hall–Kier alpha value is -1.53. The van der Waals surface area contributed by atoms with Gasteiger partial charge in [-0.3, -0.25) is 0 Å². The lowest BCUT2D eigenvalue weighted by Crippen LogP contribution is -2.05. The maximum Gasteiger partial charge on any atom is 0.417 e. The molecule has 1 aromatic heterocycles. The Morgan fingerprint density at radius 3 is 2.40 bits per heavy atom. The molecule has 0 radical (unpaired) electrons. The molecule has 0 saturated heterocycles. The summed E-state index contributed by atoms with van der Waals surface area (Å²) in [6.07, 6.45) is -4.21. The second-order valence-corrected chi connectivity index (χ2v) is 5.26. The van der Waals surface area contributed by atoms with E-state index in [1.54, 1.807) is 31.2 Å². The molecule has 0 aliphatic rings. The fraction of sp³-hybridized carbons (Fsp3) is 0.214. The molecule has 20 heavy (non-hydrogen) atoms. The zero-order valence-electron chi connectivity index (χ0n) is 10.6. The van der Waals surface area contributed by atoms with Gasteiger partial charge >= 0.3 is 6.18 Å². The molecule has 0 saturated carbocycles. The fourth-order valence-corrected chi connectivity index (χ4v) is 2.61. The first kappa shape index (κ1) is 14.9. The van der Waals surface area contributed by atoms with Crippen molar-refractivity contribution in [2.24, 2.45) is 0 Å². The van der Waals surface area contributed by atoms with E-state index in [9.17, 15) is 18.3 Å². The summed E-state index contributed by atoms with van der Waals surface area (Å²) in [5.74, 6) is 0. The van der Waals surface area contributed by atoms with Gasteiger partial charge in [0.15, 0.2) is 0 Å². The highest BCUT2D eigenvalue weighted by Crippen LogP contribution is 2.34. The molecule has 1 aromatic carbocycles. The lowest BCUT2D eigenvalue weighted by atomic mass is 10.1. The molecule has 0 bridgehead atoms. The molecule has 0 aliphatic heterocycles. The summed E-state index contributed by atoms with van der Waals surface area (Å²) in [7, 11) is 0. The van der Waals surface area contributed by atoms with Crippen molar-refractivity contribution in [3.63, 3.8) is 0 Å². The number of benzene rings is 1. The molecule has 106 valence electrons. The summed E-state index contributed by atoms with van der Waals surface area (Å²) in [6, 6.07) is 9.50. The number of aromatic nitrogens is 1. The largest absolute Gasteiger partial charge is 0.417 e. The Labute approximate surface area is 118 Å². The zero-order valence-corrected chi connectivity index (χ0v) is 11.4. The molecule has 6 heteroatoms. The van der Waals surface area contributed by atoms with Crippen LogP contribution in [0.15, 0.2) is 52.5 Å². The lowest BCUT2D eigenvalue weighted by Gasteiger charge is -2.11. The highest BCUT2D eigenvalue weighted by molar-refractivity contribution is 7.99. The van der Waals surface area contributed by atoms with Crippen molar-refractivity contribution in [3.8, 4) is 0 Å². The number of halogens is 3. The van der Waals surface area contributed by atoms with Crippen molar-refractivity contribution >= 4 is 11.8 Å². The van der Waals surface area contributed by atoms with Crippen LogP contribution in [0, 0.1) is 0 Å². The third kappa shape index (κ3) is 3.52. The van der Waals surface area contributed by atoms with E-state index in [-0.39, 0.29) is 0 Å². The van der Waals surface area contributed by atoms with Crippen LogP contribution in [-0.2, 0) is 6.18 Å². The van der Waals surface area contributed by atoms with Gasteiger partial charge in [0.2, 0.25) is 0 Å².